The number of anilines is 1. The first-order chi connectivity index (χ1) is 9.93. The Labute approximate surface area is 134 Å². The lowest BCUT2D eigenvalue weighted by molar-refractivity contribution is 0.354. The molecule has 0 unspecified atom stereocenters. The number of aromatic nitrogens is 1. The molecule has 3 rings (SSSR count). The van der Waals surface area contributed by atoms with Crippen LogP contribution in [-0.4, -0.2) is 20.0 Å². The Hall–Kier alpha value is -1.16. The SMILES string of the molecule is NS(=O)(=O)c1cnc(NCc2cc(Br)cc3c2OCC3)s1. The summed E-state index contributed by atoms with van der Waals surface area (Å²) in [7, 11) is -3.70. The summed E-state index contributed by atoms with van der Waals surface area (Å²) in [6, 6.07) is 4.03. The molecule has 1 aromatic heterocycles. The monoisotopic (exact) mass is 389 g/mol. The van der Waals surface area contributed by atoms with Crippen molar-refractivity contribution in [1.82, 2.24) is 4.98 Å². The summed E-state index contributed by atoms with van der Waals surface area (Å²) in [5, 5.41) is 8.66. The van der Waals surface area contributed by atoms with Crippen molar-refractivity contribution in [3.8, 4) is 5.75 Å². The second-order valence-electron chi connectivity index (χ2n) is 4.53. The molecule has 0 atom stereocenters. The second kappa shape index (κ2) is 5.56. The first-order valence-electron chi connectivity index (χ1n) is 6.10. The molecule has 9 heteroatoms. The number of halogens is 1. The van der Waals surface area contributed by atoms with Crippen molar-refractivity contribution < 1.29 is 13.2 Å². The van der Waals surface area contributed by atoms with Crippen LogP contribution in [0.25, 0.3) is 0 Å². The van der Waals surface area contributed by atoms with Crippen LogP contribution in [0.1, 0.15) is 11.1 Å². The van der Waals surface area contributed by atoms with Gasteiger partial charge in [0.2, 0.25) is 10.0 Å². The minimum Gasteiger partial charge on any atom is -0.493 e. The van der Waals surface area contributed by atoms with Crippen molar-refractivity contribution in [3.05, 3.63) is 33.9 Å². The Balaban J connectivity index is 1.78. The number of hydrogen-bond acceptors (Lipinski definition) is 6. The van der Waals surface area contributed by atoms with E-state index in [2.05, 4.69) is 26.2 Å². The molecule has 1 aromatic carbocycles. The zero-order valence-corrected chi connectivity index (χ0v) is 14.0. The minimum atomic E-state index is -3.70. The van der Waals surface area contributed by atoms with Gasteiger partial charge in [0.15, 0.2) is 9.34 Å². The van der Waals surface area contributed by atoms with Crippen LogP contribution in [-0.2, 0) is 23.0 Å². The van der Waals surface area contributed by atoms with E-state index in [1.165, 1.54) is 11.8 Å². The van der Waals surface area contributed by atoms with E-state index in [4.69, 9.17) is 9.88 Å². The Kier molecular flexibility index (Phi) is 3.91. The predicted molar refractivity (Wildman–Crippen MR) is 84.2 cm³/mol. The zero-order valence-electron chi connectivity index (χ0n) is 10.8. The summed E-state index contributed by atoms with van der Waals surface area (Å²) in [5.41, 5.74) is 2.18. The van der Waals surface area contributed by atoms with Gasteiger partial charge >= 0.3 is 0 Å². The molecule has 0 bridgehead atoms. The topological polar surface area (TPSA) is 94.3 Å². The van der Waals surface area contributed by atoms with Crippen LogP contribution in [0, 0.1) is 0 Å². The summed E-state index contributed by atoms with van der Waals surface area (Å²) < 4.78 is 29.1. The maximum Gasteiger partial charge on any atom is 0.249 e. The molecule has 0 fully saturated rings. The smallest absolute Gasteiger partial charge is 0.249 e. The molecule has 2 aromatic rings. The summed E-state index contributed by atoms with van der Waals surface area (Å²) >= 11 is 4.49. The fraction of sp³-hybridized carbons (Fsp3) is 0.250. The Morgan fingerprint density at radius 1 is 1.48 bits per heavy atom. The van der Waals surface area contributed by atoms with Crippen molar-refractivity contribution in [2.24, 2.45) is 5.14 Å². The molecule has 3 N–H and O–H groups in total. The van der Waals surface area contributed by atoms with Gasteiger partial charge in [-0.2, -0.15) is 0 Å². The van der Waals surface area contributed by atoms with Gasteiger partial charge in [0.1, 0.15) is 5.75 Å². The van der Waals surface area contributed by atoms with E-state index in [0.717, 1.165) is 33.5 Å². The molecule has 0 amide bonds. The minimum absolute atomic E-state index is 0.0423. The van der Waals surface area contributed by atoms with Gasteiger partial charge in [0, 0.05) is 23.0 Å². The fourth-order valence-electron chi connectivity index (χ4n) is 2.12. The largest absolute Gasteiger partial charge is 0.493 e. The number of nitrogens with zero attached hydrogens (tertiary/aromatic N) is 1. The third-order valence-electron chi connectivity index (χ3n) is 3.02. The highest BCUT2D eigenvalue weighted by atomic mass is 79.9. The molecule has 0 spiro atoms. The molecule has 21 heavy (non-hydrogen) atoms. The first-order valence-corrected chi connectivity index (χ1v) is 9.25. The molecule has 1 aliphatic heterocycles. The molecule has 0 radical (unpaired) electrons. The number of sulfonamides is 1. The van der Waals surface area contributed by atoms with E-state index in [1.54, 1.807) is 0 Å². The number of primary sulfonamides is 1. The maximum atomic E-state index is 11.2. The van der Waals surface area contributed by atoms with Crippen LogP contribution in [0.15, 0.2) is 27.0 Å². The molecule has 2 heterocycles. The Morgan fingerprint density at radius 3 is 3.00 bits per heavy atom. The van der Waals surface area contributed by atoms with Gasteiger partial charge in [-0.05, 0) is 17.7 Å². The van der Waals surface area contributed by atoms with Gasteiger partial charge in [-0.3, -0.25) is 0 Å². The zero-order chi connectivity index (χ0) is 15.0. The molecule has 6 nitrogen and oxygen atoms in total. The highest BCUT2D eigenvalue weighted by molar-refractivity contribution is 9.10. The van der Waals surface area contributed by atoms with E-state index >= 15 is 0 Å². The lowest BCUT2D eigenvalue weighted by Crippen LogP contribution is -2.09. The van der Waals surface area contributed by atoms with Crippen LogP contribution in [0.5, 0.6) is 5.75 Å². The van der Waals surface area contributed by atoms with Gasteiger partial charge in [-0.25, -0.2) is 18.5 Å². The predicted octanol–water partition coefficient (Wildman–Crippen LogP) is 2.10. The molecule has 0 aliphatic carbocycles. The van der Waals surface area contributed by atoms with Crippen molar-refractivity contribution in [2.45, 2.75) is 17.2 Å². The standard InChI is InChI=1S/C12H12BrN3O3S2/c13-9-3-7-1-2-19-11(7)8(4-9)5-15-12-16-6-10(20-12)21(14,17)18/h3-4,6H,1-2,5H2,(H,15,16)(H2,14,17,18). The fourth-order valence-corrected chi connectivity index (χ4v) is 4.12. The number of nitrogens with two attached hydrogens (primary N) is 1. The third-order valence-corrected chi connectivity index (χ3v) is 5.84. The van der Waals surface area contributed by atoms with Gasteiger partial charge in [-0.1, -0.05) is 27.3 Å². The summed E-state index contributed by atoms with van der Waals surface area (Å²) in [5.74, 6) is 0.897. The van der Waals surface area contributed by atoms with E-state index in [9.17, 15) is 8.42 Å². The van der Waals surface area contributed by atoms with E-state index < -0.39 is 10.0 Å². The van der Waals surface area contributed by atoms with Crippen molar-refractivity contribution in [3.63, 3.8) is 0 Å². The lowest BCUT2D eigenvalue weighted by atomic mass is 10.1. The Morgan fingerprint density at radius 2 is 2.29 bits per heavy atom. The first kappa shape index (κ1) is 14.8. The van der Waals surface area contributed by atoms with Gasteiger partial charge < -0.3 is 10.1 Å². The van der Waals surface area contributed by atoms with Crippen LogP contribution in [0.2, 0.25) is 0 Å². The summed E-state index contributed by atoms with van der Waals surface area (Å²) in [6.45, 7) is 1.19. The van der Waals surface area contributed by atoms with E-state index in [-0.39, 0.29) is 4.21 Å². The number of hydrogen-bond donors (Lipinski definition) is 2. The normalized spacial score (nSPS) is 13.8. The number of benzene rings is 1. The number of thiazole rings is 1. The number of rotatable bonds is 4. The Bertz CT molecular complexity index is 789. The number of fused-ring (bicyclic) bond motifs is 1. The second-order valence-corrected chi connectivity index (χ2v) is 8.27. The van der Waals surface area contributed by atoms with Crippen LogP contribution in [0.3, 0.4) is 0 Å². The molecular weight excluding hydrogens is 378 g/mol. The van der Waals surface area contributed by atoms with E-state index in [0.29, 0.717) is 18.3 Å². The van der Waals surface area contributed by atoms with Gasteiger partial charge in [-0.15, -0.1) is 0 Å². The average molecular weight is 390 g/mol. The molecular formula is C12H12BrN3O3S2. The van der Waals surface area contributed by atoms with Crippen LogP contribution < -0.4 is 15.2 Å². The lowest BCUT2D eigenvalue weighted by Gasteiger charge is -2.09. The molecule has 0 saturated carbocycles. The van der Waals surface area contributed by atoms with E-state index in [1.807, 2.05) is 12.1 Å². The highest BCUT2D eigenvalue weighted by Gasteiger charge is 2.18. The average Bonchev–Trinajstić information content (AvgIpc) is 3.03. The van der Waals surface area contributed by atoms with Gasteiger partial charge in [0.05, 0.1) is 12.8 Å². The van der Waals surface area contributed by atoms with Crippen molar-refractivity contribution in [1.29, 1.82) is 0 Å². The highest BCUT2D eigenvalue weighted by Crippen LogP contribution is 2.33. The van der Waals surface area contributed by atoms with Crippen LogP contribution >= 0.6 is 27.3 Å². The summed E-state index contributed by atoms with van der Waals surface area (Å²) in [6.07, 6.45) is 2.15. The summed E-state index contributed by atoms with van der Waals surface area (Å²) in [4.78, 5) is 4.01. The maximum absolute atomic E-state index is 11.2. The molecule has 1 aliphatic rings. The number of nitrogens with one attached hydrogen (secondary N) is 1. The quantitative estimate of drug-likeness (QED) is 0.834. The van der Waals surface area contributed by atoms with Gasteiger partial charge in [0.25, 0.3) is 0 Å². The molecule has 0 saturated heterocycles. The molecule has 112 valence electrons. The van der Waals surface area contributed by atoms with Crippen LogP contribution in [0.4, 0.5) is 5.13 Å². The number of ether oxygens (including phenoxy) is 1. The van der Waals surface area contributed by atoms with Crippen molar-refractivity contribution >= 4 is 42.4 Å². The third kappa shape index (κ3) is 3.20. The van der Waals surface area contributed by atoms with Crippen molar-refractivity contribution in [2.75, 3.05) is 11.9 Å².